The first kappa shape index (κ1) is 27.9. The summed E-state index contributed by atoms with van der Waals surface area (Å²) < 4.78 is 1.48. The maximum Gasteiger partial charge on any atom is -0.0271 e. The van der Waals surface area contributed by atoms with Crippen molar-refractivity contribution in [2.45, 2.75) is 60.3 Å². The summed E-state index contributed by atoms with van der Waals surface area (Å²) >= 11 is -0.101. The largest absolute Gasteiger partial charge is 0.0904 e. The van der Waals surface area contributed by atoms with E-state index in [9.17, 15) is 0 Å². The zero-order chi connectivity index (χ0) is 23.4. The van der Waals surface area contributed by atoms with Crippen molar-refractivity contribution < 1.29 is 16.1 Å². The van der Waals surface area contributed by atoms with Gasteiger partial charge in [0, 0.05) is 0 Å². The molecule has 2 unspecified atom stereocenters. The van der Waals surface area contributed by atoms with E-state index in [-0.39, 0.29) is 21.6 Å². The van der Waals surface area contributed by atoms with E-state index < -0.39 is 0 Å². The van der Waals surface area contributed by atoms with Crippen LogP contribution in [0.5, 0.6) is 0 Å². The summed E-state index contributed by atoms with van der Waals surface area (Å²) in [5.74, 6) is 0. The molecule has 0 bridgehead atoms. The van der Waals surface area contributed by atoms with E-state index >= 15 is 0 Å². The van der Waals surface area contributed by atoms with Gasteiger partial charge in [-0.1, -0.05) is 90.7 Å². The Kier molecular flexibility index (Phi) is 13.0. The van der Waals surface area contributed by atoms with Crippen LogP contribution in [-0.2, 0) is 16.1 Å². The van der Waals surface area contributed by atoms with Gasteiger partial charge in [0.2, 0.25) is 0 Å². The molecule has 0 aromatic heterocycles. The van der Waals surface area contributed by atoms with Gasteiger partial charge < -0.3 is 0 Å². The summed E-state index contributed by atoms with van der Waals surface area (Å²) in [5, 5.41) is 3.02. The van der Waals surface area contributed by atoms with Gasteiger partial charge in [0.05, 0.1) is 0 Å². The van der Waals surface area contributed by atoms with Crippen LogP contribution in [0, 0.1) is 5.41 Å². The standard InChI is InChI=1S/C18H24P2.C10H15.ClH.Ru/c1(9-15-19-17-11-5-3-6-12-17)2-10-16-20-18-13-7-4-8-14-18;1-7-6-10(4,5)9(3)8(7)2;;/h3-8,11-14,19-20H,1-2,9-10,15-16H2;1-5H3;1H;/q;;;+1/p-1. The van der Waals surface area contributed by atoms with Gasteiger partial charge in [-0.25, -0.2) is 0 Å². The maximum atomic E-state index is 6.02. The molecule has 32 heavy (non-hydrogen) atoms. The van der Waals surface area contributed by atoms with E-state index in [1.165, 1.54) is 69.5 Å². The van der Waals surface area contributed by atoms with E-state index in [2.05, 4.69) is 95.3 Å². The van der Waals surface area contributed by atoms with Crippen LogP contribution in [0.15, 0.2) is 81.6 Å². The second-order valence-corrected chi connectivity index (χ2v) is 13.7. The van der Waals surface area contributed by atoms with Crippen molar-refractivity contribution in [3.8, 4) is 0 Å². The molecule has 0 heterocycles. The molecule has 176 valence electrons. The third-order valence-corrected chi connectivity index (χ3v) is 11.8. The zero-order valence-electron chi connectivity index (χ0n) is 20.2. The zero-order valence-corrected chi connectivity index (χ0v) is 24.7. The summed E-state index contributed by atoms with van der Waals surface area (Å²) in [4.78, 5) is 0. The third kappa shape index (κ3) is 8.80. The monoisotopic (exact) mass is 574 g/mol. The van der Waals surface area contributed by atoms with Crippen LogP contribution in [0.2, 0.25) is 0 Å². The van der Waals surface area contributed by atoms with Gasteiger partial charge in [-0.05, 0) is 35.8 Å². The molecule has 0 saturated carbocycles. The predicted molar refractivity (Wildman–Crippen MR) is 148 cm³/mol. The SMILES string of the molecule is CC1=C(C)C(C)(C)[C]([Ru][Cl])=C1C.c1ccc(PCCCCCCPc2ccccc2)cc1. The first-order valence-electron chi connectivity index (χ1n) is 11.6. The molecule has 2 aromatic rings. The summed E-state index contributed by atoms with van der Waals surface area (Å²) in [6, 6.07) is 21.8. The Hall–Kier alpha value is -0.307. The van der Waals surface area contributed by atoms with E-state index in [0.29, 0.717) is 0 Å². The Balaban J connectivity index is 0.000000258. The molecule has 0 N–H and O–H groups in total. The minimum atomic E-state index is -0.101. The van der Waals surface area contributed by atoms with Crippen molar-refractivity contribution >= 4 is 37.5 Å². The fourth-order valence-corrected chi connectivity index (χ4v) is 9.03. The molecule has 0 amide bonds. The molecule has 0 aliphatic heterocycles. The molecule has 1 aliphatic rings. The van der Waals surface area contributed by atoms with Crippen molar-refractivity contribution in [3.05, 3.63) is 81.6 Å². The van der Waals surface area contributed by atoms with Crippen molar-refractivity contribution in [2.75, 3.05) is 12.3 Å². The minimum absolute atomic E-state index is 0.101. The summed E-state index contributed by atoms with van der Waals surface area (Å²) in [6.45, 7) is 11.2. The van der Waals surface area contributed by atoms with Crippen molar-refractivity contribution in [2.24, 2.45) is 5.41 Å². The van der Waals surface area contributed by atoms with Crippen LogP contribution in [0.3, 0.4) is 0 Å². The summed E-state index contributed by atoms with van der Waals surface area (Å²) in [6.07, 6.45) is 8.32. The molecule has 0 fully saturated rings. The van der Waals surface area contributed by atoms with Gasteiger partial charge >= 0.3 is 86.7 Å². The Morgan fingerprint density at radius 2 is 1.12 bits per heavy atom. The van der Waals surface area contributed by atoms with Gasteiger partial charge in [0.1, 0.15) is 0 Å². The topological polar surface area (TPSA) is 0 Å². The van der Waals surface area contributed by atoms with Crippen LogP contribution in [-0.4, -0.2) is 12.3 Å². The molecule has 3 rings (SSSR count). The fourth-order valence-electron chi connectivity index (χ4n) is 3.85. The number of unbranched alkanes of at least 4 members (excludes halogenated alkanes) is 3. The van der Waals surface area contributed by atoms with Gasteiger partial charge in [-0.3, -0.25) is 0 Å². The normalized spacial score (nSPS) is 15.9. The van der Waals surface area contributed by atoms with Gasteiger partial charge in [-0.15, -0.1) is 0 Å². The Morgan fingerprint density at radius 3 is 1.44 bits per heavy atom. The average Bonchev–Trinajstić information content (AvgIpc) is 2.96. The van der Waals surface area contributed by atoms with Gasteiger partial charge in [-0.2, -0.15) is 0 Å². The van der Waals surface area contributed by atoms with Crippen molar-refractivity contribution in [1.29, 1.82) is 0 Å². The number of benzene rings is 2. The van der Waals surface area contributed by atoms with Crippen LogP contribution in [0.1, 0.15) is 60.3 Å². The van der Waals surface area contributed by atoms with E-state index in [1.54, 1.807) is 0 Å². The molecule has 0 nitrogen and oxygen atoms in total. The van der Waals surface area contributed by atoms with Gasteiger partial charge in [0.25, 0.3) is 0 Å². The summed E-state index contributed by atoms with van der Waals surface area (Å²) in [5.41, 5.74) is 4.61. The van der Waals surface area contributed by atoms with Crippen LogP contribution in [0.25, 0.3) is 0 Å². The first-order valence-corrected chi connectivity index (χ1v) is 17.1. The first-order chi connectivity index (χ1) is 15.4. The number of halogens is 1. The molecular weight excluding hydrogens is 535 g/mol. The minimum Gasteiger partial charge on any atom is -0.0904 e. The maximum absolute atomic E-state index is 6.02. The predicted octanol–water partition coefficient (Wildman–Crippen LogP) is 8.43. The second-order valence-electron chi connectivity index (χ2n) is 8.87. The van der Waals surface area contributed by atoms with Crippen LogP contribution >= 0.6 is 26.9 Å². The molecule has 0 saturated heterocycles. The second kappa shape index (κ2) is 14.8. The van der Waals surface area contributed by atoms with Crippen LogP contribution < -0.4 is 10.6 Å². The van der Waals surface area contributed by atoms with Crippen molar-refractivity contribution in [3.63, 3.8) is 0 Å². The Bertz CT molecular complexity index is 827. The Morgan fingerprint density at radius 1 is 0.688 bits per heavy atom. The molecule has 2 aromatic carbocycles. The number of hydrogen-bond donors (Lipinski definition) is 0. The quantitative estimate of drug-likeness (QED) is 0.152. The summed E-state index contributed by atoms with van der Waals surface area (Å²) in [7, 11) is 8.02. The number of allylic oxidation sites excluding steroid dienone is 4. The third-order valence-electron chi connectivity index (χ3n) is 6.29. The van der Waals surface area contributed by atoms with E-state index in [0.717, 1.165) is 17.2 Å². The van der Waals surface area contributed by atoms with Gasteiger partial charge in [0.15, 0.2) is 0 Å². The molecule has 0 radical (unpaired) electrons. The molecule has 1 aliphatic carbocycles. The smallest absolute Gasteiger partial charge is 0.0271 e. The van der Waals surface area contributed by atoms with E-state index in [4.69, 9.17) is 9.69 Å². The van der Waals surface area contributed by atoms with Crippen LogP contribution in [0.4, 0.5) is 0 Å². The fraction of sp³-hybridized carbons (Fsp3) is 0.429. The number of hydrogen-bond acceptors (Lipinski definition) is 0. The molecular formula is C28H39ClP2Ru. The Labute approximate surface area is 212 Å². The molecule has 4 heteroatoms. The molecule has 0 spiro atoms. The van der Waals surface area contributed by atoms with Crippen molar-refractivity contribution in [1.82, 2.24) is 0 Å². The number of rotatable bonds is 10. The average molecular weight is 574 g/mol. The molecule has 2 atom stereocenters. The van der Waals surface area contributed by atoms with E-state index in [1.807, 2.05) is 0 Å².